The van der Waals surface area contributed by atoms with Crippen LogP contribution in [-0.2, 0) is 6.54 Å². The highest BCUT2D eigenvalue weighted by Crippen LogP contribution is 2.49. The van der Waals surface area contributed by atoms with Gasteiger partial charge in [-0.2, -0.15) is 0 Å². The Morgan fingerprint density at radius 2 is 2.05 bits per heavy atom. The second-order valence-electron chi connectivity index (χ2n) is 7.16. The van der Waals surface area contributed by atoms with Crippen LogP contribution in [0.1, 0.15) is 41.6 Å². The predicted octanol–water partition coefficient (Wildman–Crippen LogP) is 2.35. The second-order valence-corrected chi connectivity index (χ2v) is 7.16. The van der Waals surface area contributed by atoms with Gasteiger partial charge in [0, 0.05) is 42.8 Å². The molecule has 1 aliphatic heterocycles. The maximum absolute atomic E-state index is 13.9. The molecule has 21 heavy (non-hydrogen) atoms. The summed E-state index contributed by atoms with van der Waals surface area (Å²) in [5.74, 6) is -0.262. The third-order valence-electron chi connectivity index (χ3n) is 5.13. The highest BCUT2D eigenvalue weighted by Gasteiger charge is 2.52. The average Bonchev–Trinajstić information content (AvgIpc) is 3.19. The fourth-order valence-corrected chi connectivity index (χ4v) is 3.97. The predicted molar refractivity (Wildman–Crippen MR) is 78.7 cm³/mol. The minimum Gasteiger partial charge on any atom is -0.311 e. The van der Waals surface area contributed by atoms with Crippen LogP contribution in [0.15, 0.2) is 18.2 Å². The van der Waals surface area contributed by atoms with Gasteiger partial charge < -0.3 is 5.32 Å². The van der Waals surface area contributed by atoms with E-state index in [0.717, 1.165) is 25.2 Å². The van der Waals surface area contributed by atoms with E-state index in [2.05, 4.69) is 10.2 Å². The van der Waals surface area contributed by atoms with Crippen molar-refractivity contribution in [1.29, 1.82) is 0 Å². The largest absolute Gasteiger partial charge is 0.311 e. The van der Waals surface area contributed by atoms with Crippen molar-refractivity contribution in [2.45, 2.75) is 44.3 Å². The number of nitrogens with one attached hydrogen (secondary N) is 1. The third-order valence-corrected chi connectivity index (χ3v) is 5.13. The highest BCUT2D eigenvalue weighted by atomic mass is 19.1. The Balaban J connectivity index is 1.27. The van der Waals surface area contributed by atoms with Crippen molar-refractivity contribution in [1.82, 2.24) is 10.2 Å². The first-order chi connectivity index (χ1) is 10.2. The van der Waals surface area contributed by atoms with E-state index in [4.69, 9.17) is 0 Å². The number of halogens is 1. The highest BCUT2D eigenvalue weighted by molar-refractivity contribution is 5.74. The van der Waals surface area contributed by atoms with E-state index in [1.807, 2.05) is 0 Å². The molecule has 1 N–H and O–H groups in total. The molecule has 0 bridgehead atoms. The Morgan fingerprint density at radius 3 is 2.67 bits per heavy atom. The van der Waals surface area contributed by atoms with E-state index in [1.165, 1.54) is 31.7 Å². The first-order valence-electron chi connectivity index (χ1n) is 7.88. The van der Waals surface area contributed by atoms with Crippen LogP contribution in [0.2, 0.25) is 0 Å². The van der Waals surface area contributed by atoms with Crippen molar-refractivity contribution in [2.75, 3.05) is 13.1 Å². The molecule has 1 spiro atoms. The molecule has 0 atom stereocenters. The summed E-state index contributed by atoms with van der Waals surface area (Å²) in [4.78, 5) is 12.9. The number of aldehydes is 1. The molecule has 1 heterocycles. The zero-order valence-electron chi connectivity index (χ0n) is 12.1. The van der Waals surface area contributed by atoms with Crippen molar-refractivity contribution in [3.63, 3.8) is 0 Å². The Labute approximate surface area is 124 Å². The zero-order chi connectivity index (χ0) is 14.4. The number of benzene rings is 1. The quantitative estimate of drug-likeness (QED) is 0.844. The Bertz CT molecular complexity index is 556. The molecule has 0 unspecified atom stereocenters. The molecule has 3 fully saturated rings. The van der Waals surface area contributed by atoms with Crippen LogP contribution in [0.25, 0.3) is 0 Å². The van der Waals surface area contributed by atoms with Crippen molar-refractivity contribution in [3.05, 3.63) is 35.1 Å². The molecule has 2 aliphatic carbocycles. The summed E-state index contributed by atoms with van der Waals surface area (Å²) < 4.78 is 13.9. The van der Waals surface area contributed by atoms with Crippen LogP contribution in [0, 0.1) is 11.2 Å². The minimum atomic E-state index is -0.262. The number of nitrogens with zero attached hydrogens (tertiary/aromatic N) is 1. The third kappa shape index (κ3) is 2.62. The molecule has 3 nitrogen and oxygen atoms in total. The molecular weight excluding hydrogens is 267 g/mol. The molecule has 1 saturated heterocycles. The van der Waals surface area contributed by atoms with E-state index in [0.29, 0.717) is 29.4 Å². The first-order valence-corrected chi connectivity index (χ1v) is 7.88. The number of hydrogen-bond acceptors (Lipinski definition) is 3. The number of likely N-dealkylation sites (tertiary alicyclic amines) is 1. The van der Waals surface area contributed by atoms with Crippen LogP contribution < -0.4 is 5.32 Å². The lowest BCUT2D eigenvalue weighted by Crippen LogP contribution is -2.65. The van der Waals surface area contributed by atoms with E-state index in [1.54, 1.807) is 12.1 Å². The molecule has 0 radical (unpaired) electrons. The van der Waals surface area contributed by atoms with Gasteiger partial charge in [-0.05, 0) is 37.2 Å². The molecule has 0 aromatic heterocycles. The summed E-state index contributed by atoms with van der Waals surface area (Å²) >= 11 is 0. The lowest BCUT2D eigenvalue weighted by Gasteiger charge is -2.59. The van der Waals surface area contributed by atoms with Crippen molar-refractivity contribution in [3.8, 4) is 0 Å². The fourth-order valence-electron chi connectivity index (χ4n) is 3.97. The van der Waals surface area contributed by atoms with Gasteiger partial charge in [0.1, 0.15) is 12.1 Å². The number of carbonyl (C=O) groups is 1. The Morgan fingerprint density at radius 1 is 1.29 bits per heavy atom. The van der Waals surface area contributed by atoms with Crippen LogP contribution >= 0.6 is 0 Å². The molecule has 4 heteroatoms. The summed E-state index contributed by atoms with van der Waals surface area (Å²) in [7, 11) is 0. The van der Waals surface area contributed by atoms with Crippen LogP contribution in [0.5, 0.6) is 0 Å². The van der Waals surface area contributed by atoms with E-state index in [-0.39, 0.29) is 5.82 Å². The van der Waals surface area contributed by atoms with Crippen LogP contribution in [-0.4, -0.2) is 36.4 Å². The molecular formula is C17H21FN2O. The van der Waals surface area contributed by atoms with Gasteiger partial charge in [0.15, 0.2) is 0 Å². The summed E-state index contributed by atoms with van der Waals surface area (Å²) in [6.45, 7) is 2.84. The molecule has 3 aliphatic rings. The van der Waals surface area contributed by atoms with E-state index < -0.39 is 0 Å². The average molecular weight is 288 g/mol. The summed E-state index contributed by atoms with van der Waals surface area (Å²) in [6, 6.07) is 6.29. The van der Waals surface area contributed by atoms with Gasteiger partial charge in [-0.3, -0.25) is 9.69 Å². The van der Waals surface area contributed by atoms with Crippen molar-refractivity contribution in [2.24, 2.45) is 5.41 Å². The van der Waals surface area contributed by atoms with Gasteiger partial charge in [-0.15, -0.1) is 0 Å². The van der Waals surface area contributed by atoms with Gasteiger partial charge in [0.2, 0.25) is 0 Å². The standard InChI is InChI=1S/C17H21FN2O/c18-16-5-12(9-21)1-2-13(16)8-20-10-17(11-20)6-15(7-17)19-14-3-4-14/h1-2,5,9,14-15,19H,3-4,6-8,10-11H2. The lowest BCUT2D eigenvalue weighted by molar-refractivity contribution is -0.0836. The molecule has 1 aromatic rings. The van der Waals surface area contributed by atoms with Crippen molar-refractivity contribution >= 4 is 6.29 Å². The second kappa shape index (κ2) is 4.89. The lowest BCUT2D eigenvalue weighted by atomic mass is 9.60. The van der Waals surface area contributed by atoms with Crippen LogP contribution in [0.4, 0.5) is 4.39 Å². The maximum atomic E-state index is 13.9. The number of hydrogen-bond donors (Lipinski definition) is 1. The monoisotopic (exact) mass is 288 g/mol. The van der Waals surface area contributed by atoms with Gasteiger partial charge in [-0.25, -0.2) is 4.39 Å². The van der Waals surface area contributed by atoms with Gasteiger partial charge in [-0.1, -0.05) is 12.1 Å². The van der Waals surface area contributed by atoms with Gasteiger partial charge in [0.25, 0.3) is 0 Å². The van der Waals surface area contributed by atoms with Gasteiger partial charge >= 0.3 is 0 Å². The first kappa shape index (κ1) is 13.4. The summed E-state index contributed by atoms with van der Waals surface area (Å²) in [6.07, 6.45) is 5.96. The molecule has 0 amide bonds. The fraction of sp³-hybridized carbons (Fsp3) is 0.588. The van der Waals surface area contributed by atoms with Crippen LogP contribution in [0.3, 0.4) is 0 Å². The van der Waals surface area contributed by atoms with E-state index in [9.17, 15) is 9.18 Å². The zero-order valence-corrected chi connectivity index (χ0v) is 12.1. The molecule has 4 rings (SSSR count). The number of carbonyl (C=O) groups excluding carboxylic acids is 1. The molecule has 112 valence electrons. The SMILES string of the molecule is O=Cc1ccc(CN2CC3(CC(NC4CC4)C3)C2)c(F)c1. The topological polar surface area (TPSA) is 32.3 Å². The summed E-state index contributed by atoms with van der Waals surface area (Å²) in [5.41, 5.74) is 1.61. The molecule has 2 saturated carbocycles. The van der Waals surface area contributed by atoms with Gasteiger partial charge in [0.05, 0.1) is 0 Å². The number of rotatable bonds is 5. The summed E-state index contributed by atoms with van der Waals surface area (Å²) in [5, 5.41) is 3.69. The Kier molecular flexibility index (Phi) is 3.12. The maximum Gasteiger partial charge on any atom is 0.150 e. The Hall–Kier alpha value is -1.26. The smallest absolute Gasteiger partial charge is 0.150 e. The minimum absolute atomic E-state index is 0.262. The van der Waals surface area contributed by atoms with Crippen molar-refractivity contribution < 1.29 is 9.18 Å². The normalized spacial score (nSPS) is 24.6. The molecule has 1 aromatic carbocycles. The van der Waals surface area contributed by atoms with E-state index >= 15 is 0 Å².